The Bertz CT molecular complexity index is 715. The van der Waals surface area contributed by atoms with Crippen LogP contribution in [0.4, 0.5) is 0 Å². The van der Waals surface area contributed by atoms with Crippen LogP contribution in [0.15, 0.2) is 10.5 Å². The number of methoxy groups -OCH3 is 1. The molecule has 0 saturated carbocycles. The van der Waals surface area contributed by atoms with Gasteiger partial charge in [-0.1, -0.05) is 0 Å². The molecule has 26 heavy (non-hydrogen) atoms. The summed E-state index contributed by atoms with van der Waals surface area (Å²) in [4.78, 5) is 12.1. The van der Waals surface area contributed by atoms with Crippen LogP contribution >= 0.6 is 15.9 Å². The van der Waals surface area contributed by atoms with Crippen LogP contribution in [0.5, 0.6) is 5.75 Å². The fraction of sp³-hybridized carbons (Fsp3) is 0.619. The fourth-order valence-corrected chi connectivity index (χ4v) is 4.73. The standard InChI is InChI=1S/C21H28BrNO3/c1-13-19-15(12-17(22)20(13)25-5)7-6-14(16(19)10-11-23)8-9-18(24)26-21(2,3)4/h12,14,16H,6-10H2,1-5H3. The highest BCUT2D eigenvalue weighted by Gasteiger charge is 2.33. The van der Waals surface area contributed by atoms with E-state index in [0.29, 0.717) is 18.8 Å². The molecule has 0 amide bonds. The van der Waals surface area contributed by atoms with Gasteiger partial charge in [0.25, 0.3) is 0 Å². The van der Waals surface area contributed by atoms with E-state index in [-0.39, 0.29) is 11.9 Å². The Labute approximate surface area is 165 Å². The number of hydrogen-bond acceptors (Lipinski definition) is 4. The van der Waals surface area contributed by atoms with Gasteiger partial charge in [0, 0.05) is 18.8 Å². The summed E-state index contributed by atoms with van der Waals surface area (Å²) in [6.45, 7) is 7.71. The Balaban J connectivity index is 2.24. The number of carbonyl (C=O) groups is 1. The Morgan fingerprint density at radius 3 is 2.69 bits per heavy atom. The molecular weight excluding hydrogens is 394 g/mol. The molecule has 4 nitrogen and oxygen atoms in total. The minimum absolute atomic E-state index is 0.133. The van der Waals surface area contributed by atoms with E-state index in [1.54, 1.807) is 7.11 Å². The molecule has 0 N–H and O–H groups in total. The maximum absolute atomic E-state index is 12.1. The van der Waals surface area contributed by atoms with E-state index in [1.807, 2.05) is 20.8 Å². The molecule has 0 radical (unpaired) electrons. The Kier molecular flexibility index (Phi) is 6.74. The molecule has 0 aliphatic heterocycles. The molecule has 0 aromatic heterocycles. The van der Waals surface area contributed by atoms with Crippen molar-refractivity contribution in [2.24, 2.45) is 5.92 Å². The zero-order valence-electron chi connectivity index (χ0n) is 16.3. The Hall–Kier alpha value is -1.54. The van der Waals surface area contributed by atoms with Gasteiger partial charge < -0.3 is 9.47 Å². The molecule has 0 fully saturated rings. The zero-order valence-corrected chi connectivity index (χ0v) is 17.9. The largest absolute Gasteiger partial charge is 0.495 e. The highest BCUT2D eigenvalue weighted by atomic mass is 79.9. The van der Waals surface area contributed by atoms with Crippen LogP contribution in [0.25, 0.3) is 0 Å². The number of hydrogen-bond donors (Lipinski definition) is 0. The van der Waals surface area contributed by atoms with Crippen LogP contribution in [0, 0.1) is 24.2 Å². The molecule has 2 rings (SSSR count). The maximum atomic E-state index is 12.1. The van der Waals surface area contributed by atoms with E-state index < -0.39 is 5.60 Å². The molecule has 0 bridgehead atoms. The normalized spacial score (nSPS) is 19.4. The number of halogens is 1. The summed E-state index contributed by atoms with van der Waals surface area (Å²) in [7, 11) is 1.67. The predicted octanol–water partition coefficient (Wildman–Crippen LogP) is 5.45. The number of esters is 1. The molecule has 2 atom stereocenters. The summed E-state index contributed by atoms with van der Waals surface area (Å²) in [5.41, 5.74) is 3.15. The smallest absolute Gasteiger partial charge is 0.306 e. The van der Waals surface area contributed by atoms with Gasteiger partial charge in [0.2, 0.25) is 0 Å². The van der Waals surface area contributed by atoms with E-state index in [9.17, 15) is 10.1 Å². The number of fused-ring (bicyclic) bond motifs is 1. The van der Waals surface area contributed by atoms with Gasteiger partial charge in [0.05, 0.1) is 17.7 Å². The van der Waals surface area contributed by atoms with E-state index in [1.165, 1.54) is 11.1 Å². The quantitative estimate of drug-likeness (QED) is 0.593. The first kappa shape index (κ1) is 20.8. The topological polar surface area (TPSA) is 59.3 Å². The summed E-state index contributed by atoms with van der Waals surface area (Å²) in [6.07, 6.45) is 3.54. The summed E-state index contributed by atoms with van der Waals surface area (Å²) >= 11 is 3.59. The van der Waals surface area contributed by atoms with Gasteiger partial charge in [0.1, 0.15) is 11.4 Å². The van der Waals surface area contributed by atoms with Gasteiger partial charge >= 0.3 is 5.97 Å². The van der Waals surface area contributed by atoms with Crippen molar-refractivity contribution >= 4 is 21.9 Å². The minimum Gasteiger partial charge on any atom is -0.495 e. The highest BCUT2D eigenvalue weighted by molar-refractivity contribution is 9.10. The molecule has 0 heterocycles. The second-order valence-corrected chi connectivity index (χ2v) is 8.84. The minimum atomic E-state index is -0.460. The molecule has 1 aliphatic rings. The number of nitriles is 1. The number of carbonyl (C=O) groups excluding carboxylic acids is 1. The SMILES string of the molecule is COc1c(Br)cc2c(c1C)C(CC#N)C(CCC(=O)OC(C)(C)C)CC2. The highest BCUT2D eigenvalue weighted by Crippen LogP contribution is 2.46. The number of ether oxygens (including phenoxy) is 2. The van der Waals surface area contributed by atoms with E-state index in [2.05, 4.69) is 35.0 Å². The number of rotatable bonds is 5. The summed E-state index contributed by atoms with van der Waals surface area (Å²) in [5.74, 6) is 1.11. The van der Waals surface area contributed by atoms with Crippen molar-refractivity contribution in [2.75, 3.05) is 7.11 Å². The number of benzene rings is 1. The van der Waals surface area contributed by atoms with Gasteiger partial charge in [-0.15, -0.1) is 0 Å². The van der Waals surface area contributed by atoms with E-state index in [4.69, 9.17) is 9.47 Å². The molecule has 0 spiro atoms. The third-order valence-electron chi connectivity index (χ3n) is 4.99. The van der Waals surface area contributed by atoms with Crippen LogP contribution < -0.4 is 4.74 Å². The number of aryl methyl sites for hydroxylation is 1. The number of nitrogens with zero attached hydrogens (tertiary/aromatic N) is 1. The monoisotopic (exact) mass is 421 g/mol. The van der Waals surface area contributed by atoms with Crippen LogP contribution in [0.1, 0.15) is 69.1 Å². The molecule has 142 valence electrons. The first-order chi connectivity index (χ1) is 12.2. The third kappa shape index (κ3) is 4.79. The Morgan fingerprint density at radius 2 is 2.12 bits per heavy atom. The van der Waals surface area contributed by atoms with Crippen molar-refractivity contribution < 1.29 is 14.3 Å². The predicted molar refractivity (Wildman–Crippen MR) is 105 cm³/mol. The van der Waals surface area contributed by atoms with Crippen LogP contribution in [-0.4, -0.2) is 18.7 Å². The molecule has 2 unspecified atom stereocenters. The maximum Gasteiger partial charge on any atom is 0.306 e. The first-order valence-electron chi connectivity index (χ1n) is 9.12. The van der Waals surface area contributed by atoms with Crippen molar-refractivity contribution in [3.8, 4) is 11.8 Å². The van der Waals surface area contributed by atoms with Crippen molar-refractivity contribution in [1.82, 2.24) is 0 Å². The first-order valence-corrected chi connectivity index (χ1v) is 9.92. The van der Waals surface area contributed by atoms with E-state index in [0.717, 1.165) is 35.0 Å². The lowest BCUT2D eigenvalue weighted by atomic mass is 9.70. The van der Waals surface area contributed by atoms with Gasteiger partial charge in [-0.2, -0.15) is 5.26 Å². The van der Waals surface area contributed by atoms with E-state index >= 15 is 0 Å². The van der Waals surface area contributed by atoms with Crippen LogP contribution in [0.3, 0.4) is 0 Å². The molecular formula is C21H28BrNO3. The van der Waals surface area contributed by atoms with Crippen LogP contribution in [-0.2, 0) is 16.0 Å². The van der Waals surface area contributed by atoms with Gasteiger partial charge in [-0.25, -0.2) is 0 Å². The molecule has 5 heteroatoms. The molecule has 1 aliphatic carbocycles. The van der Waals surface area contributed by atoms with Crippen LogP contribution in [0.2, 0.25) is 0 Å². The molecule has 1 aromatic carbocycles. The summed E-state index contributed by atoms with van der Waals surface area (Å²) < 4.78 is 11.9. The average Bonchev–Trinajstić information content (AvgIpc) is 2.52. The molecule has 0 saturated heterocycles. The van der Waals surface area contributed by atoms with Gasteiger partial charge in [-0.3, -0.25) is 4.79 Å². The Morgan fingerprint density at radius 1 is 1.42 bits per heavy atom. The second-order valence-electron chi connectivity index (χ2n) is 7.98. The lowest BCUT2D eigenvalue weighted by Crippen LogP contribution is -2.26. The van der Waals surface area contributed by atoms with Crippen molar-refractivity contribution in [1.29, 1.82) is 5.26 Å². The zero-order chi connectivity index (χ0) is 19.5. The fourth-order valence-electron chi connectivity index (χ4n) is 4.00. The second kappa shape index (κ2) is 8.43. The van der Waals surface area contributed by atoms with Crippen molar-refractivity contribution in [2.45, 2.75) is 71.3 Å². The van der Waals surface area contributed by atoms with Crippen molar-refractivity contribution in [3.05, 3.63) is 27.2 Å². The lowest BCUT2D eigenvalue weighted by molar-refractivity contribution is -0.155. The summed E-state index contributed by atoms with van der Waals surface area (Å²) in [6, 6.07) is 4.47. The summed E-state index contributed by atoms with van der Waals surface area (Å²) in [5, 5.41) is 9.38. The lowest BCUT2D eigenvalue weighted by Gasteiger charge is -2.34. The third-order valence-corrected chi connectivity index (χ3v) is 5.58. The average molecular weight is 422 g/mol. The van der Waals surface area contributed by atoms with Gasteiger partial charge in [-0.05, 0) is 91.6 Å². The van der Waals surface area contributed by atoms with Gasteiger partial charge in [0.15, 0.2) is 0 Å². The van der Waals surface area contributed by atoms with Crippen molar-refractivity contribution in [3.63, 3.8) is 0 Å². The molecule has 1 aromatic rings.